The molecule has 0 saturated carbocycles. The lowest BCUT2D eigenvalue weighted by molar-refractivity contribution is 0.103. The Morgan fingerprint density at radius 1 is 1.05 bits per heavy atom. The van der Waals surface area contributed by atoms with Gasteiger partial charge in [-0.25, -0.2) is 0 Å². The standard InChI is InChI=1S/C15H13BrO3/c1-18-11-8-12(14(16)13(9-11)19-2)15(17)10-6-4-3-5-7-10/h3-9H,1-2H3. The van der Waals surface area contributed by atoms with Crippen LogP contribution in [0.5, 0.6) is 11.5 Å². The number of ether oxygens (including phenoxy) is 2. The van der Waals surface area contributed by atoms with Gasteiger partial charge in [-0.15, -0.1) is 0 Å². The Hall–Kier alpha value is -1.81. The van der Waals surface area contributed by atoms with Gasteiger partial charge >= 0.3 is 0 Å². The number of carbonyl (C=O) groups excluding carboxylic acids is 1. The van der Waals surface area contributed by atoms with Gasteiger partial charge in [0, 0.05) is 17.2 Å². The molecule has 0 fully saturated rings. The number of methoxy groups -OCH3 is 2. The van der Waals surface area contributed by atoms with Crippen molar-refractivity contribution in [1.82, 2.24) is 0 Å². The second-order valence-corrected chi connectivity index (χ2v) is 4.68. The lowest BCUT2D eigenvalue weighted by Crippen LogP contribution is -2.04. The van der Waals surface area contributed by atoms with Gasteiger partial charge in [0.25, 0.3) is 0 Å². The van der Waals surface area contributed by atoms with Crippen LogP contribution in [-0.4, -0.2) is 20.0 Å². The van der Waals surface area contributed by atoms with Crippen molar-refractivity contribution in [2.75, 3.05) is 14.2 Å². The quantitative estimate of drug-likeness (QED) is 0.806. The van der Waals surface area contributed by atoms with Crippen LogP contribution < -0.4 is 9.47 Å². The molecule has 0 bridgehead atoms. The molecule has 0 atom stereocenters. The van der Waals surface area contributed by atoms with Gasteiger partial charge in [-0.1, -0.05) is 30.3 Å². The van der Waals surface area contributed by atoms with Gasteiger partial charge < -0.3 is 9.47 Å². The minimum atomic E-state index is -0.0790. The van der Waals surface area contributed by atoms with Crippen LogP contribution in [0.25, 0.3) is 0 Å². The highest BCUT2D eigenvalue weighted by Gasteiger charge is 2.17. The molecule has 19 heavy (non-hydrogen) atoms. The fourth-order valence-electron chi connectivity index (χ4n) is 1.75. The predicted molar refractivity (Wildman–Crippen MR) is 77.1 cm³/mol. The first-order chi connectivity index (χ1) is 9.17. The predicted octanol–water partition coefficient (Wildman–Crippen LogP) is 3.70. The van der Waals surface area contributed by atoms with Crippen LogP contribution in [0.3, 0.4) is 0 Å². The Balaban J connectivity index is 2.53. The van der Waals surface area contributed by atoms with E-state index in [4.69, 9.17) is 9.47 Å². The Morgan fingerprint density at radius 2 is 1.74 bits per heavy atom. The molecule has 2 rings (SSSR count). The molecule has 0 N–H and O–H groups in total. The van der Waals surface area contributed by atoms with E-state index >= 15 is 0 Å². The first-order valence-electron chi connectivity index (χ1n) is 5.68. The van der Waals surface area contributed by atoms with Crippen LogP contribution in [0.1, 0.15) is 15.9 Å². The summed E-state index contributed by atoms with van der Waals surface area (Å²) in [6.07, 6.45) is 0. The summed E-state index contributed by atoms with van der Waals surface area (Å²) >= 11 is 3.40. The summed E-state index contributed by atoms with van der Waals surface area (Å²) in [5.41, 5.74) is 1.14. The molecule has 3 nitrogen and oxygen atoms in total. The summed E-state index contributed by atoms with van der Waals surface area (Å²) in [5.74, 6) is 1.07. The molecule has 98 valence electrons. The molecule has 2 aromatic carbocycles. The van der Waals surface area contributed by atoms with Crippen LogP contribution in [0.2, 0.25) is 0 Å². The second kappa shape index (κ2) is 5.89. The van der Waals surface area contributed by atoms with Gasteiger partial charge in [0.1, 0.15) is 11.5 Å². The Morgan fingerprint density at radius 3 is 2.32 bits per heavy atom. The molecule has 0 unspecified atom stereocenters. The molecule has 0 aliphatic rings. The van der Waals surface area contributed by atoms with Crippen LogP contribution in [-0.2, 0) is 0 Å². The molecule has 0 radical (unpaired) electrons. The fraction of sp³-hybridized carbons (Fsp3) is 0.133. The maximum atomic E-state index is 12.5. The summed E-state index contributed by atoms with van der Waals surface area (Å²) < 4.78 is 11.0. The number of carbonyl (C=O) groups is 1. The van der Waals surface area contributed by atoms with Gasteiger partial charge in [0.2, 0.25) is 0 Å². The van der Waals surface area contributed by atoms with E-state index in [1.807, 2.05) is 18.2 Å². The molecule has 0 spiro atoms. The van der Waals surface area contributed by atoms with E-state index in [9.17, 15) is 4.79 Å². The Kier molecular flexibility index (Phi) is 4.22. The Bertz CT molecular complexity index is 594. The maximum absolute atomic E-state index is 12.5. The van der Waals surface area contributed by atoms with Crippen molar-refractivity contribution >= 4 is 21.7 Å². The van der Waals surface area contributed by atoms with Gasteiger partial charge in [0.05, 0.1) is 18.7 Å². The lowest BCUT2D eigenvalue weighted by Gasteiger charge is -2.11. The topological polar surface area (TPSA) is 35.5 Å². The third kappa shape index (κ3) is 2.79. The first kappa shape index (κ1) is 13.6. The molecule has 0 heterocycles. The molecular weight excluding hydrogens is 308 g/mol. The summed E-state index contributed by atoms with van der Waals surface area (Å²) in [5, 5.41) is 0. The highest BCUT2D eigenvalue weighted by molar-refractivity contribution is 9.10. The number of halogens is 1. The van der Waals surface area contributed by atoms with Crippen molar-refractivity contribution in [3.63, 3.8) is 0 Å². The molecule has 4 heteroatoms. The minimum Gasteiger partial charge on any atom is -0.497 e. The fourth-order valence-corrected chi connectivity index (χ4v) is 2.32. The van der Waals surface area contributed by atoms with Crippen LogP contribution in [0.15, 0.2) is 46.9 Å². The molecule has 0 aliphatic heterocycles. The van der Waals surface area contributed by atoms with Crippen LogP contribution >= 0.6 is 15.9 Å². The normalized spacial score (nSPS) is 10.1. The molecular formula is C15H13BrO3. The SMILES string of the molecule is COc1cc(OC)c(Br)c(C(=O)c2ccccc2)c1. The zero-order valence-corrected chi connectivity index (χ0v) is 12.2. The average Bonchev–Trinajstić information content (AvgIpc) is 2.47. The zero-order valence-electron chi connectivity index (χ0n) is 10.6. The second-order valence-electron chi connectivity index (χ2n) is 3.89. The smallest absolute Gasteiger partial charge is 0.194 e. The average molecular weight is 321 g/mol. The summed E-state index contributed by atoms with van der Waals surface area (Å²) in [6, 6.07) is 12.5. The number of hydrogen-bond acceptors (Lipinski definition) is 3. The number of hydrogen-bond donors (Lipinski definition) is 0. The van der Waals surface area contributed by atoms with E-state index < -0.39 is 0 Å². The molecule has 0 aromatic heterocycles. The summed E-state index contributed by atoms with van der Waals surface area (Å²) in [6.45, 7) is 0. The lowest BCUT2D eigenvalue weighted by atomic mass is 10.0. The van der Waals surface area contributed by atoms with Gasteiger partial charge in [-0.05, 0) is 22.0 Å². The van der Waals surface area contributed by atoms with Crippen molar-refractivity contribution in [3.05, 3.63) is 58.1 Å². The van der Waals surface area contributed by atoms with Crippen molar-refractivity contribution < 1.29 is 14.3 Å². The Labute approximate surface area is 120 Å². The monoisotopic (exact) mass is 320 g/mol. The van der Waals surface area contributed by atoms with E-state index in [2.05, 4.69) is 15.9 Å². The van der Waals surface area contributed by atoms with Gasteiger partial charge in [0.15, 0.2) is 5.78 Å². The van der Waals surface area contributed by atoms with Crippen molar-refractivity contribution in [2.24, 2.45) is 0 Å². The van der Waals surface area contributed by atoms with E-state index in [0.29, 0.717) is 27.1 Å². The van der Waals surface area contributed by atoms with E-state index in [0.717, 1.165) is 0 Å². The van der Waals surface area contributed by atoms with Crippen LogP contribution in [0.4, 0.5) is 0 Å². The van der Waals surface area contributed by atoms with E-state index in [-0.39, 0.29) is 5.78 Å². The van der Waals surface area contributed by atoms with Gasteiger partial charge in [-0.3, -0.25) is 4.79 Å². The largest absolute Gasteiger partial charge is 0.497 e. The van der Waals surface area contributed by atoms with Crippen molar-refractivity contribution in [2.45, 2.75) is 0 Å². The number of ketones is 1. The maximum Gasteiger partial charge on any atom is 0.194 e. The minimum absolute atomic E-state index is 0.0790. The number of benzene rings is 2. The van der Waals surface area contributed by atoms with Crippen molar-refractivity contribution in [3.8, 4) is 11.5 Å². The highest BCUT2D eigenvalue weighted by Crippen LogP contribution is 2.34. The summed E-state index contributed by atoms with van der Waals surface area (Å²) in [7, 11) is 3.11. The molecule has 0 amide bonds. The zero-order chi connectivity index (χ0) is 13.8. The molecule has 0 aliphatic carbocycles. The highest BCUT2D eigenvalue weighted by atomic mass is 79.9. The van der Waals surface area contributed by atoms with E-state index in [1.165, 1.54) is 0 Å². The third-order valence-electron chi connectivity index (χ3n) is 2.75. The summed E-state index contributed by atoms with van der Waals surface area (Å²) in [4.78, 5) is 12.5. The first-order valence-corrected chi connectivity index (χ1v) is 6.48. The molecule has 0 saturated heterocycles. The van der Waals surface area contributed by atoms with E-state index in [1.54, 1.807) is 38.5 Å². The van der Waals surface area contributed by atoms with Crippen LogP contribution in [0, 0.1) is 0 Å². The number of rotatable bonds is 4. The third-order valence-corrected chi connectivity index (χ3v) is 3.57. The van der Waals surface area contributed by atoms with Gasteiger partial charge in [-0.2, -0.15) is 0 Å². The molecule has 2 aromatic rings. The van der Waals surface area contributed by atoms with Crippen molar-refractivity contribution in [1.29, 1.82) is 0 Å².